The largest absolute Gasteiger partial charge is 0.481 e. The first-order chi connectivity index (χ1) is 11.5. The molecule has 24 heavy (non-hydrogen) atoms. The summed E-state index contributed by atoms with van der Waals surface area (Å²) in [6.07, 6.45) is 2.18. The number of carbonyl (C=O) groups excluding carboxylic acids is 1. The Morgan fingerprint density at radius 3 is 2.54 bits per heavy atom. The molecule has 1 aromatic carbocycles. The fraction of sp³-hybridized carbons (Fsp3) is 0.312. The number of hydrogen-bond acceptors (Lipinski definition) is 4. The monoisotopic (exact) mass is 368 g/mol. The van der Waals surface area contributed by atoms with E-state index in [-0.39, 0.29) is 17.5 Å². The van der Waals surface area contributed by atoms with Crippen molar-refractivity contribution in [3.8, 4) is 11.5 Å². The second-order valence-corrected chi connectivity index (χ2v) is 6.39. The first-order valence-corrected chi connectivity index (χ1v) is 8.14. The first-order valence-electron chi connectivity index (χ1n) is 7.38. The zero-order valence-electron chi connectivity index (χ0n) is 12.5. The number of benzene rings is 1. The number of hydrogen-bond donors (Lipinski definition) is 1. The number of nitrogens with zero attached hydrogens (tertiary/aromatic N) is 2. The highest BCUT2D eigenvalue weighted by molar-refractivity contribution is 6.42. The summed E-state index contributed by atoms with van der Waals surface area (Å²) in [5.41, 5.74) is 0.804. The van der Waals surface area contributed by atoms with Crippen LogP contribution in [-0.4, -0.2) is 40.0 Å². The second-order valence-electron chi connectivity index (χ2n) is 5.57. The Balaban J connectivity index is 1.72. The Bertz CT molecular complexity index is 782. The number of amides is 1. The van der Waals surface area contributed by atoms with Crippen LogP contribution in [0.1, 0.15) is 23.3 Å². The zero-order valence-corrected chi connectivity index (χ0v) is 14.0. The van der Waals surface area contributed by atoms with Crippen molar-refractivity contribution in [2.75, 3.05) is 13.1 Å². The van der Waals surface area contributed by atoms with Gasteiger partial charge in [0, 0.05) is 18.7 Å². The normalized spacial score (nSPS) is 15.5. The number of carboxylic acids is 1. The molecule has 0 radical (unpaired) electrons. The number of likely N-dealkylation sites (tertiary alicyclic amines) is 1. The molecule has 0 unspecified atom stereocenters. The van der Waals surface area contributed by atoms with Crippen molar-refractivity contribution in [1.29, 1.82) is 0 Å². The van der Waals surface area contributed by atoms with E-state index in [1.807, 2.05) is 0 Å². The molecule has 1 N–H and O–H groups in total. The third-order valence-corrected chi connectivity index (χ3v) is 4.76. The van der Waals surface area contributed by atoms with Crippen molar-refractivity contribution in [1.82, 2.24) is 9.88 Å². The number of halogens is 2. The second kappa shape index (κ2) is 6.83. The number of aromatic nitrogens is 1. The molecule has 126 valence electrons. The van der Waals surface area contributed by atoms with E-state index in [9.17, 15) is 9.59 Å². The molecule has 8 heteroatoms. The minimum absolute atomic E-state index is 0.185. The molecule has 0 aliphatic carbocycles. The summed E-state index contributed by atoms with van der Waals surface area (Å²) in [6.45, 7) is 0.787. The van der Waals surface area contributed by atoms with Gasteiger partial charge in [-0.15, -0.1) is 0 Å². The lowest BCUT2D eigenvalue weighted by Gasteiger charge is -2.29. The molecule has 3 rings (SSSR count). The molecule has 2 aromatic rings. The maximum atomic E-state index is 12.5. The summed E-state index contributed by atoms with van der Waals surface area (Å²) in [5.74, 6) is -1.20. The Morgan fingerprint density at radius 1 is 1.21 bits per heavy atom. The zero-order chi connectivity index (χ0) is 17.3. The summed E-state index contributed by atoms with van der Waals surface area (Å²) in [5, 5.41) is 9.79. The van der Waals surface area contributed by atoms with E-state index >= 15 is 0 Å². The summed E-state index contributed by atoms with van der Waals surface area (Å²) in [4.78, 5) is 29.2. The van der Waals surface area contributed by atoms with E-state index in [1.54, 1.807) is 23.1 Å². The van der Waals surface area contributed by atoms with Crippen LogP contribution in [0.5, 0.6) is 0 Å². The standard InChI is InChI=1S/C16H14Cl2N2O4/c17-11-2-1-10(7-12(11)18)14-19-13(8-24-14)15(21)20-5-3-9(4-6-20)16(22)23/h1-2,7-9H,3-6H2,(H,22,23). The minimum Gasteiger partial charge on any atom is -0.481 e. The molecule has 0 spiro atoms. The minimum atomic E-state index is -0.814. The highest BCUT2D eigenvalue weighted by atomic mass is 35.5. The lowest BCUT2D eigenvalue weighted by molar-refractivity contribution is -0.143. The van der Waals surface area contributed by atoms with Crippen LogP contribution in [0.25, 0.3) is 11.5 Å². The van der Waals surface area contributed by atoms with Gasteiger partial charge in [-0.3, -0.25) is 9.59 Å². The molecule has 1 amide bonds. The molecule has 1 aliphatic heterocycles. The maximum absolute atomic E-state index is 12.5. The molecule has 1 fully saturated rings. The van der Waals surface area contributed by atoms with Gasteiger partial charge in [0.2, 0.25) is 5.89 Å². The first kappa shape index (κ1) is 16.8. The molecule has 0 saturated carbocycles. The Morgan fingerprint density at radius 2 is 1.92 bits per heavy atom. The lowest BCUT2D eigenvalue weighted by Crippen LogP contribution is -2.40. The smallest absolute Gasteiger partial charge is 0.306 e. The molecule has 1 saturated heterocycles. The van der Waals surface area contributed by atoms with Gasteiger partial charge in [0.25, 0.3) is 5.91 Å². The number of carboxylic acid groups (broad SMARTS) is 1. The van der Waals surface area contributed by atoms with Crippen LogP contribution in [0.4, 0.5) is 0 Å². The van der Waals surface area contributed by atoms with Crippen molar-refractivity contribution >= 4 is 35.1 Å². The molecule has 2 heterocycles. The van der Waals surface area contributed by atoms with Gasteiger partial charge < -0.3 is 14.4 Å². The predicted octanol–water partition coefficient (Wildman–Crippen LogP) is 3.59. The number of carbonyl (C=O) groups is 2. The Hall–Kier alpha value is -2.05. The van der Waals surface area contributed by atoms with Crippen LogP contribution in [0.15, 0.2) is 28.9 Å². The Labute approximate surface area is 148 Å². The number of rotatable bonds is 3. The number of aliphatic carboxylic acids is 1. The van der Waals surface area contributed by atoms with Gasteiger partial charge in [0.15, 0.2) is 5.69 Å². The highest BCUT2D eigenvalue weighted by Gasteiger charge is 2.28. The van der Waals surface area contributed by atoms with Crippen LogP contribution in [0, 0.1) is 5.92 Å². The number of oxazole rings is 1. The van der Waals surface area contributed by atoms with Crippen molar-refractivity contribution in [2.24, 2.45) is 5.92 Å². The highest BCUT2D eigenvalue weighted by Crippen LogP contribution is 2.28. The van der Waals surface area contributed by atoms with Gasteiger partial charge in [-0.1, -0.05) is 23.2 Å². The fourth-order valence-electron chi connectivity index (χ4n) is 2.63. The van der Waals surface area contributed by atoms with E-state index < -0.39 is 11.9 Å². The van der Waals surface area contributed by atoms with Crippen LogP contribution >= 0.6 is 23.2 Å². The molecule has 0 bridgehead atoms. The van der Waals surface area contributed by atoms with E-state index in [1.165, 1.54) is 6.26 Å². The van der Waals surface area contributed by atoms with Crippen LogP contribution in [0.2, 0.25) is 10.0 Å². The van der Waals surface area contributed by atoms with Gasteiger partial charge in [-0.25, -0.2) is 4.98 Å². The van der Waals surface area contributed by atoms with Gasteiger partial charge in [-0.05, 0) is 31.0 Å². The fourth-order valence-corrected chi connectivity index (χ4v) is 2.92. The van der Waals surface area contributed by atoms with E-state index in [4.69, 9.17) is 32.7 Å². The van der Waals surface area contributed by atoms with Gasteiger partial charge in [0.1, 0.15) is 6.26 Å². The van der Waals surface area contributed by atoms with E-state index in [0.29, 0.717) is 41.5 Å². The van der Waals surface area contributed by atoms with Crippen LogP contribution in [-0.2, 0) is 4.79 Å². The average molecular weight is 369 g/mol. The molecule has 1 aliphatic rings. The molecule has 0 atom stereocenters. The summed E-state index contributed by atoms with van der Waals surface area (Å²) >= 11 is 11.8. The van der Waals surface area contributed by atoms with Crippen molar-refractivity contribution < 1.29 is 19.1 Å². The van der Waals surface area contributed by atoms with Gasteiger partial charge in [-0.2, -0.15) is 0 Å². The maximum Gasteiger partial charge on any atom is 0.306 e. The lowest BCUT2D eigenvalue weighted by atomic mass is 9.97. The van der Waals surface area contributed by atoms with Crippen molar-refractivity contribution in [3.63, 3.8) is 0 Å². The molecular weight excluding hydrogens is 355 g/mol. The summed E-state index contributed by atoms with van der Waals surface area (Å²) in [6, 6.07) is 4.94. The van der Waals surface area contributed by atoms with Crippen molar-refractivity contribution in [3.05, 3.63) is 40.2 Å². The molecule has 6 nitrogen and oxygen atoms in total. The van der Waals surface area contributed by atoms with Crippen LogP contribution in [0.3, 0.4) is 0 Å². The van der Waals surface area contributed by atoms with E-state index in [0.717, 1.165) is 0 Å². The number of piperidine rings is 1. The quantitative estimate of drug-likeness (QED) is 0.894. The van der Waals surface area contributed by atoms with Gasteiger partial charge in [0.05, 0.1) is 16.0 Å². The topological polar surface area (TPSA) is 83.6 Å². The third-order valence-electron chi connectivity index (χ3n) is 4.02. The molecule has 1 aromatic heterocycles. The molecular formula is C16H14Cl2N2O4. The van der Waals surface area contributed by atoms with Gasteiger partial charge >= 0.3 is 5.97 Å². The SMILES string of the molecule is O=C(O)C1CCN(C(=O)c2coc(-c3ccc(Cl)c(Cl)c3)n2)CC1. The van der Waals surface area contributed by atoms with Crippen molar-refractivity contribution in [2.45, 2.75) is 12.8 Å². The van der Waals surface area contributed by atoms with Crippen LogP contribution < -0.4 is 0 Å². The Kier molecular flexibility index (Phi) is 4.78. The van der Waals surface area contributed by atoms with E-state index in [2.05, 4.69) is 4.98 Å². The summed E-state index contributed by atoms with van der Waals surface area (Å²) < 4.78 is 5.36. The summed E-state index contributed by atoms with van der Waals surface area (Å²) in [7, 11) is 0. The predicted molar refractivity (Wildman–Crippen MR) is 88.2 cm³/mol. The third kappa shape index (κ3) is 3.39. The average Bonchev–Trinajstić information content (AvgIpc) is 3.07.